The van der Waals surface area contributed by atoms with Crippen LogP contribution in [0.5, 0.6) is 11.5 Å². The van der Waals surface area contributed by atoms with Crippen LogP contribution in [0.15, 0.2) is 27.8 Å². The highest BCUT2D eigenvalue weighted by atomic mass is 16.5. The molecule has 0 spiro atoms. The molecule has 1 aromatic carbocycles. The summed E-state index contributed by atoms with van der Waals surface area (Å²) in [6.07, 6.45) is 5.19. The highest BCUT2D eigenvalue weighted by Gasteiger charge is 2.18. The molecule has 0 atom stereocenters. The van der Waals surface area contributed by atoms with Crippen molar-refractivity contribution in [2.24, 2.45) is 7.05 Å². The lowest BCUT2D eigenvalue weighted by molar-refractivity contribution is 0.355. The second-order valence-electron chi connectivity index (χ2n) is 7.04. The number of hydrogen-bond acceptors (Lipinski definition) is 5. The second-order valence-corrected chi connectivity index (χ2v) is 7.04. The third kappa shape index (κ3) is 3.77. The third-order valence-electron chi connectivity index (χ3n) is 5.00. The molecule has 8 nitrogen and oxygen atoms in total. The predicted octanol–water partition coefficient (Wildman–Crippen LogP) is 2.90. The summed E-state index contributed by atoms with van der Waals surface area (Å²) in [5.41, 5.74) is 1.15. The van der Waals surface area contributed by atoms with Gasteiger partial charge in [0.2, 0.25) is 0 Å². The van der Waals surface area contributed by atoms with E-state index in [-0.39, 0.29) is 11.2 Å². The molecule has 3 rings (SSSR count). The Morgan fingerprint density at radius 1 is 0.967 bits per heavy atom. The third-order valence-corrected chi connectivity index (χ3v) is 5.00. The Morgan fingerprint density at radius 2 is 1.63 bits per heavy atom. The number of hydrogen-bond donors (Lipinski definition) is 0. The largest absolute Gasteiger partial charge is 0.493 e. The maximum Gasteiger partial charge on any atom is 0.332 e. The molecule has 0 N–H and O–H groups in total. The van der Waals surface area contributed by atoms with E-state index in [1.165, 1.54) is 4.57 Å². The van der Waals surface area contributed by atoms with Crippen molar-refractivity contribution in [1.82, 2.24) is 18.7 Å². The Kier molecular flexibility index (Phi) is 6.44. The molecular weight excluding hydrogens is 383 g/mol. The zero-order valence-electron chi connectivity index (χ0n) is 18.1. The molecule has 0 aliphatic carbocycles. The Labute approximate surface area is 175 Å². The average Bonchev–Trinajstić information content (AvgIpc) is 3.08. The van der Waals surface area contributed by atoms with Crippen molar-refractivity contribution in [3.63, 3.8) is 0 Å². The Bertz CT molecular complexity index is 1200. The highest BCUT2D eigenvalue weighted by molar-refractivity contribution is 5.77. The minimum atomic E-state index is -0.301. The van der Waals surface area contributed by atoms with E-state index in [1.54, 1.807) is 30.4 Å². The van der Waals surface area contributed by atoms with Gasteiger partial charge < -0.3 is 14.0 Å². The Balaban J connectivity index is 2.14. The smallest absolute Gasteiger partial charge is 0.332 e. The molecule has 8 heteroatoms. The van der Waals surface area contributed by atoms with Gasteiger partial charge in [-0.15, -0.1) is 0 Å². The monoisotopic (exact) mass is 411 g/mol. The van der Waals surface area contributed by atoms with Crippen molar-refractivity contribution in [3.8, 4) is 11.5 Å². The molecule has 0 unspecified atom stereocenters. The number of ether oxygens (including phenoxy) is 2. The van der Waals surface area contributed by atoms with E-state index in [4.69, 9.17) is 9.47 Å². The summed E-state index contributed by atoms with van der Waals surface area (Å²) in [5, 5.41) is 0. The van der Waals surface area contributed by atoms with Gasteiger partial charge in [-0.1, -0.05) is 26.0 Å². The standard InChI is InChI=1S/C22H28N4O4/c1-6-12-25-20-19(21(27)26(13-7-2)22(25)28)24(3)18(23-20)11-9-15-8-10-16(29-4)17(14-15)30-5/h8-11,14H,6-7,12-13H2,1-5H3/b11-9+/i3-1. The number of methoxy groups -OCH3 is 2. The minimum absolute atomic E-state index is 0.301. The van der Waals surface area contributed by atoms with Gasteiger partial charge >= 0.3 is 5.69 Å². The number of nitrogens with zero attached hydrogens (tertiary/aromatic N) is 4. The maximum atomic E-state index is 13.0. The van der Waals surface area contributed by atoms with Gasteiger partial charge in [0, 0.05) is 20.1 Å². The molecular formula is C22H28N4O4. The zero-order chi connectivity index (χ0) is 21.8. The number of fused-ring (bicyclic) bond motifs is 1. The molecule has 160 valence electrons. The zero-order valence-corrected chi connectivity index (χ0v) is 18.1. The fourth-order valence-corrected chi connectivity index (χ4v) is 3.50. The lowest BCUT2D eigenvalue weighted by Crippen LogP contribution is -2.40. The fraction of sp³-hybridized carbons (Fsp3) is 0.409. The summed E-state index contributed by atoms with van der Waals surface area (Å²) in [6.45, 7) is 4.84. The molecule has 2 aromatic heterocycles. The molecule has 0 radical (unpaired) electrons. The van der Waals surface area contributed by atoms with Gasteiger partial charge in [0.1, 0.15) is 5.82 Å². The van der Waals surface area contributed by atoms with E-state index in [1.807, 2.05) is 44.2 Å². The van der Waals surface area contributed by atoms with Gasteiger partial charge in [0.25, 0.3) is 5.56 Å². The van der Waals surface area contributed by atoms with E-state index in [9.17, 15) is 9.59 Å². The molecule has 0 bridgehead atoms. The average molecular weight is 411 g/mol. The van der Waals surface area contributed by atoms with Crippen molar-refractivity contribution in [2.45, 2.75) is 39.8 Å². The molecule has 0 aliphatic heterocycles. The molecule has 2 heterocycles. The minimum Gasteiger partial charge on any atom is -0.493 e. The quantitative estimate of drug-likeness (QED) is 0.569. The van der Waals surface area contributed by atoms with Crippen LogP contribution in [0.25, 0.3) is 23.3 Å². The molecule has 0 saturated carbocycles. The van der Waals surface area contributed by atoms with E-state index in [0.29, 0.717) is 48.0 Å². The summed E-state index contributed by atoms with van der Waals surface area (Å²) in [5.74, 6) is 1.87. The van der Waals surface area contributed by atoms with E-state index in [0.717, 1.165) is 12.0 Å². The highest BCUT2D eigenvalue weighted by Crippen LogP contribution is 2.28. The van der Waals surface area contributed by atoms with Gasteiger partial charge in [-0.3, -0.25) is 13.9 Å². The van der Waals surface area contributed by atoms with E-state index < -0.39 is 0 Å². The number of benzene rings is 1. The number of aryl methyl sites for hydroxylation is 2. The van der Waals surface area contributed by atoms with Crippen molar-refractivity contribution < 1.29 is 9.47 Å². The van der Waals surface area contributed by atoms with E-state index >= 15 is 0 Å². The number of imidazole rings is 1. The van der Waals surface area contributed by atoms with Crippen LogP contribution in [0.4, 0.5) is 0 Å². The molecule has 0 saturated heterocycles. The van der Waals surface area contributed by atoms with Gasteiger partial charge in [0.05, 0.1) is 14.2 Å². The predicted molar refractivity (Wildman–Crippen MR) is 118 cm³/mol. The van der Waals surface area contributed by atoms with Crippen molar-refractivity contribution in [3.05, 3.63) is 50.4 Å². The van der Waals surface area contributed by atoms with Gasteiger partial charge in [-0.05, 0) is 36.6 Å². The molecule has 0 aliphatic rings. The summed E-state index contributed by atoms with van der Waals surface area (Å²) in [6, 6.07) is 5.59. The van der Waals surface area contributed by atoms with Crippen molar-refractivity contribution in [2.75, 3.05) is 14.2 Å². The fourth-order valence-electron chi connectivity index (χ4n) is 3.50. The molecule has 0 fully saturated rings. The Morgan fingerprint density at radius 3 is 2.27 bits per heavy atom. The van der Waals surface area contributed by atoms with Crippen LogP contribution in [0.2, 0.25) is 0 Å². The SMILES string of the molecule is CCCn1c(=O)c2c(nc(/C=C/c3ccc(OC)c(OC)c3)n2[11CH3])n(CCC)c1=O. The normalized spacial score (nSPS) is 11.5. The summed E-state index contributed by atoms with van der Waals surface area (Å²) in [7, 11) is 4.97. The summed E-state index contributed by atoms with van der Waals surface area (Å²) < 4.78 is 15.3. The van der Waals surface area contributed by atoms with Crippen LogP contribution in [0.1, 0.15) is 38.1 Å². The molecule has 3 aromatic rings. The maximum absolute atomic E-state index is 13.0. The van der Waals surface area contributed by atoms with Crippen LogP contribution >= 0.6 is 0 Å². The first-order valence-corrected chi connectivity index (χ1v) is 10.1. The van der Waals surface area contributed by atoms with Crippen LogP contribution in [0, 0.1) is 0 Å². The van der Waals surface area contributed by atoms with Crippen LogP contribution in [-0.4, -0.2) is 32.9 Å². The van der Waals surface area contributed by atoms with Crippen LogP contribution in [-0.2, 0) is 20.1 Å². The first kappa shape index (κ1) is 21.4. The first-order valence-electron chi connectivity index (χ1n) is 10.1. The summed E-state index contributed by atoms with van der Waals surface area (Å²) in [4.78, 5) is 30.5. The summed E-state index contributed by atoms with van der Waals surface area (Å²) >= 11 is 0. The Hall–Kier alpha value is -3.29. The van der Waals surface area contributed by atoms with Crippen LogP contribution < -0.4 is 20.7 Å². The topological polar surface area (TPSA) is 80.3 Å². The number of rotatable bonds is 8. The molecule has 0 amide bonds. The lowest BCUT2D eigenvalue weighted by Gasteiger charge is -2.10. The van der Waals surface area contributed by atoms with Crippen molar-refractivity contribution >= 4 is 23.3 Å². The van der Waals surface area contributed by atoms with Gasteiger partial charge in [0.15, 0.2) is 22.7 Å². The van der Waals surface area contributed by atoms with Gasteiger partial charge in [-0.2, -0.15) is 0 Å². The van der Waals surface area contributed by atoms with E-state index in [2.05, 4.69) is 4.98 Å². The molecule has 30 heavy (non-hydrogen) atoms. The van der Waals surface area contributed by atoms with Crippen molar-refractivity contribution in [1.29, 1.82) is 0 Å². The first-order chi connectivity index (χ1) is 14.5. The lowest BCUT2D eigenvalue weighted by atomic mass is 10.2. The van der Waals surface area contributed by atoms with Crippen LogP contribution in [0.3, 0.4) is 0 Å². The second kappa shape index (κ2) is 9.02. The van der Waals surface area contributed by atoms with Gasteiger partial charge in [-0.25, -0.2) is 9.78 Å². The number of aromatic nitrogens is 4.